The number of rotatable bonds is 10. The summed E-state index contributed by atoms with van der Waals surface area (Å²) in [6, 6.07) is 12.5. The summed E-state index contributed by atoms with van der Waals surface area (Å²) in [6.07, 6.45) is 13.0. The second-order valence-electron chi connectivity index (χ2n) is 9.91. The molecule has 1 saturated carbocycles. The van der Waals surface area contributed by atoms with E-state index in [-0.39, 0.29) is 5.69 Å². The number of aromatic amines is 1. The number of nitrogens with one attached hydrogen (secondary N) is 1. The Bertz CT molecular complexity index is 1340. The Morgan fingerprint density at radius 2 is 1.92 bits per heavy atom. The molecule has 0 amide bonds. The Morgan fingerprint density at radius 3 is 2.72 bits per heavy atom. The molecule has 4 aromatic rings. The Balaban J connectivity index is 1.45. The average molecular weight is 486 g/mol. The van der Waals surface area contributed by atoms with Gasteiger partial charge in [0.05, 0.1) is 12.2 Å². The van der Waals surface area contributed by atoms with Crippen LogP contribution in [0.3, 0.4) is 0 Å². The Kier molecular flexibility index (Phi) is 7.39. The van der Waals surface area contributed by atoms with E-state index in [0.29, 0.717) is 24.3 Å². The third-order valence-electron chi connectivity index (χ3n) is 7.46. The molecular formula is C28H35N7O. The fourth-order valence-corrected chi connectivity index (χ4v) is 5.64. The van der Waals surface area contributed by atoms with Crippen molar-refractivity contribution in [2.24, 2.45) is 5.92 Å². The molecule has 2 unspecified atom stereocenters. The summed E-state index contributed by atoms with van der Waals surface area (Å²) in [7, 11) is 0. The van der Waals surface area contributed by atoms with Crippen LogP contribution in [0.15, 0.2) is 53.6 Å². The van der Waals surface area contributed by atoms with Gasteiger partial charge in [-0.05, 0) is 77.8 Å². The van der Waals surface area contributed by atoms with E-state index >= 15 is 0 Å². The van der Waals surface area contributed by atoms with Crippen molar-refractivity contribution in [1.82, 2.24) is 34.7 Å². The van der Waals surface area contributed by atoms with Gasteiger partial charge in [0.1, 0.15) is 0 Å². The van der Waals surface area contributed by atoms with Crippen LogP contribution < -0.4 is 5.69 Å². The second kappa shape index (κ2) is 11.0. The Labute approximate surface area is 211 Å². The van der Waals surface area contributed by atoms with Gasteiger partial charge in [0.15, 0.2) is 5.82 Å². The molecule has 2 atom stereocenters. The van der Waals surface area contributed by atoms with Gasteiger partial charge in [-0.3, -0.25) is 14.1 Å². The molecule has 1 aliphatic carbocycles. The second-order valence-corrected chi connectivity index (χ2v) is 9.91. The lowest BCUT2D eigenvalue weighted by Crippen LogP contribution is -2.30. The number of benzene rings is 1. The van der Waals surface area contributed by atoms with Gasteiger partial charge in [0.25, 0.3) is 0 Å². The summed E-state index contributed by atoms with van der Waals surface area (Å²) in [4.78, 5) is 18.3. The number of aryl methyl sites for hydroxylation is 1. The highest BCUT2D eigenvalue weighted by Gasteiger charge is 2.30. The highest BCUT2D eigenvalue weighted by atomic mass is 16.1. The predicted octanol–water partition coefficient (Wildman–Crippen LogP) is 5.42. The van der Waals surface area contributed by atoms with Crippen LogP contribution in [0.4, 0.5) is 0 Å². The molecule has 0 aliphatic heterocycles. The lowest BCUT2D eigenvalue weighted by molar-refractivity contribution is 0.346. The first-order valence-electron chi connectivity index (χ1n) is 13.3. The first kappa shape index (κ1) is 24.2. The van der Waals surface area contributed by atoms with Crippen molar-refractivity contribution in [3.05, 3.63) is 70.7 Å². The molecule has 36 heavy (non-hydrogen) atoms. The van der Waals surface area contributed by atoms with Crippen LogP contribution in [-0.4, -0.2) is 34.7 Å². The fourth-order valence-electron chi connectivity index (χ4n) is 5.64. The van der Waals surface area contributed by atoms with Gasteiger partial charge >= 0.3 is 5.69 Å². The summed E-state index contributed by atoms with van der Waals surface area (Å²) in [5.41, 5.74) is 5.14. The van der Waals surface area contributed by atoms with Gasteiger partial charge in [-0.1, -0.05) is 51.3 Å². The van der Waals surface area contributed by atoms with Crippen LogP contribution in [0, 0.1) is 5.92 Å². The Hall–Kier alpha value is -3.55. The van der Waals surface area contributed by atoms with Crippen molar-refractivity contribution >= 4 is 0 Å². The first-order valence-corrected chi connectivity index (χ1v) is 13.3. The van der Waals surface area contributed by atoms with Crippen molar-refractivity contribution in [2.45, 2.75) is 77.8 Å². The minimum absolute atomic E-state index is 0.112. The van der Waals surface area contributed by atoms with Crippen molar-refractivity contribution in [3.8, 4) is 22.5 Å². The summed E-state index contributed by atoms with van der Waals surface area (Å²) in [6.45, 7) is 4.92. The fraction of sp³-hybridized carbons (Fsp3) is 0.464. The van der Waals surface area contributed by atoms with Gasteiger partial charge in [-0.2, -0.15) is 0 Å². The van der Waals surface area contributed by atoms with E-state index < -0.39 is 0 Å². The molecule has 8 heteroatoms. The van der Waals surface area contributed by atoms with E-state index in [4.69, 9.17) is 0 Å². The number of tetrazole rings is 1. The molecule has 0 radical (unpaired) electrons. The summed E-state index contributed by atoms with van der Waals surface area (Å²) >= 11 is 0. The topological polar surface area (TPSA) is 94.3 Å². The molecule has 3 heterocycles. The lowest BCUT2D eigenvalue weighted by atomic mass is 9.98. The van der Waals surface area contributed by atoms with Crippen LogP contribution in [-0.2, 0) is 13.0 Å². The van der Waals surface area contributed by atoms with Crippen LogP contribution in [0.2, 0.25) is 0 Å². The number of hydrogen-bond donors (Lipinski definition) is 1. The van der Waals surface area contributed by atoms with Crippen LogP contribution >= 0.6 is 0 Å². The van der Waals surface area contributed by atoms with Gasteiger partial charge in [-0.25, -0.2) is 9.89 Å². The third kappa shape index (κ3) is 5.03. The van der Waals surface area contributed by atoms with Crippen LogP contribution in [0.5, 0.6) is 0 Å². The molecule has 1 aliphatic rings. The molecule has 1 fully saturated rings. The molecule has 8 nitrogen and oxygen atoms in total. The maximum absolute atomic E-state index is 13.7. The van der Waals surface area contributed by atoms with E-state index in [1.807, 2.05) is 29.0 Å². The molecule has 188 valence electrons. The van der Waals surface area contributed by atoms with Crippen molar-refractivity contribution in [3.63, 3.8) is 0 Å². The molecule has 1 aromatic carbocycles. The summed E-state index contributed by atoms with van der Waals surface area (Å²) in [5, 5.41) is 14.2. The largest absolute Gasteiger partial charge is 0.328 e. The number of imidazole rings is 1. The van der Waals surface area contributed by atoms with Gasteiger partial charge in [0.2, 0.25) is 0 Å². The molecular weight excluding hydrogens is 450 g/mol. The highest BCUT2D eigenvalue weighted by molar-refractivity contribution is 5.70. The first-order chi connectivity index (χ1) is 17.7. The Morgan fingerprint density at radius 1 is 1.06 bits per heavy atom. The number of pyridine rings is 1. The predicted molar refractivity (Wildman–Crippen MR) is 141 cm³/mol. The number of unbranched alkanes of at least 4 members (excludes halogenated alkanes) is 1. The SMILES string of the molecule is CCCCc1cn(C2CCCC2CCC)c(=O)n1Cc1cc(-c2cccc(-c3nnn[nH]3)c2)ccn1. The van der Waals surface area contributed by atoms with Crippen molar-refractivity contribution in [2.75, 3.05) is 0 Å². The van der Waals surface area contributed by atoms with Crippen LogP contribution in [0.1, 0.15) is 76.2 Å². The van der Waals surface area contributed by atoms with E-state index in [2.05, 4.69) is 68.4 Å². The standard InChI is InChI=1S/C28H35N7O/c1-3-5-12-25-19-35(26-13-7-9-20(26)8-4-2)28(36)34(25)18-24-17-22(14-15-29-24)21-10-6-11-23(16-21)27-30-32-33-31-27/h6,10-11,14-17,19-20,26H,3-5,7-9,12-13,18H2,1-2H3,(H,30,31,32,33). The maximum atomic E-state index is 13.7. The minimum atomic E-state index is 0.112. The molecule has 0 spiro atoms. The highest BCUT2D eigenvalue weighted by Crippen LogP contribution is 2.38. The third-order valence-corrected chi connectivity index (χ3v) is 7.46. The molecule has 5 rings (SSSR count). The van der Waals surface area contributed by atoms with E-state index in [0.717, 1.165) is 53.8 Å². The number of hydrogen-bond acceptors (Lipinski definition) is 5. The monoisotopic (exact) mass is 485 g/mol. The smallest absolute Gasteiger partial charge is 0.296 e. The maximum Gasteiger partial charge on any atom is 0.328 e. The summed E-state index contributed by atoms with van der Waals surface area (Å²) in [5.74, 6) is 1.24. The van der Waals surface area contributed by atoms with E-state index in [1.54, 1.807) is 0 Å². The lowest BCUT2D eigenvalue weighted by Gasteiger charge is -2.19. The minimum Gasteiger partial charge on any atom is -0.296 e. The molecule has 0 saturated heterocycles. The quantitative estimate of drug-likeness (QED) is 0.323. The number of nitrogens with zero attached hydrogens (tertiary/aromatic N) is 6. The summed E-state index contributed by atoms with van der Waals surface area (Å²) < 4.78 is 4.01. The van der Waals surface area contributed by atoms with Gasteiger partial charge < -0.3 is 0 Å². The van der Waals surface area contributed by atoms with Gasteiger partial charge in [0, 0.05) is 29.7 Å². The average Bonchev–Trinajstić information content (AvgIpc) is 3.66. The zero-order valence-corrected chi connectivity index (χ0v) is 21.2. The van der Waals surface area contributed by atoms with Gasteiger partial charge in [-0.15, -0.1) is 5.10 Å². The van der Waals surface area contributed by atoms with Crippen molar-refractivity contribution < 1.29 is 0 Å². The zero-order chi connectivity index (χ0) is 24.9. The number of H-pyrrole nitrogens is 1. The molecule has 3 aromatic heterocycles. The zero-order valence-electron chi connectivity index (χ0n) is 21.2. The molecule has 1 N–H and O–H groups in total. The van der Waals surface area contributed by atoms with Crippen molar-refractivity contribution in [1.29, 1.82) is 0 Å². The normalized spacial score (nSPS) is 17.6. The van der Waals surface area contributed by atoms with E-state index in [1.165, 1.54) is 25.7 Å². The van der Waals surface area contributed by atoms with E-state index in [9.17, 15) is 4.79 Å². The number of aromatic nitrogens is 7. The van der Waals surface area contributed by atoms with Crippen LogP contribution in [0.25, 0.3) is 22.5 Å². The molecule has 0 bridgehead atoms.